The normalized spacial score (nSPS) is 17.1. The summed E-state index contributed by atoms with van der Waals surface area (Å²) < 4.78 is 26.4. The van der Waals surface area contributed by atoms with Crippen molar-refractivity contribution in [2.45, 2.75) is 17.6 Å². The van der Waals surface area contributed by atoms with Crippen LogP contribution in [0.25, 0.3) is 0 Å². The van der Waals surface area contributed by atoms with E-state index in [9.17, 15) is 13.2 Å². The summed E-state index contributed by atoms with van der Waals surface area (Å²) in [6.45, 7) is 4.19. The summed E-state index contributed by atoms with van der Waals surface area (Å²) in [5.74, 6) is 0. The van der Waals surface area contributed by atoms with Crippen molar-refractivity contribution in [3.63, 3.8) is 0 Å². The lowest BCUT2D eigenvalue weighted by molar-refractivity contribution is 0.172. The Kier molecular flexibility index (Phi) is 5.00. The Morgan fingerprint density at radius 3 is 2.60 bits per heavy atom. The van der Waals surface area contributed by atoms with E-state index >= 15 is 0 Å². The third kappa shape index (κ3) is 3.31. The van der Waals surface area contributed by atoms with E-state index in [1.807, 2.05) is 6.92 Å². The van der Waals surface area contributed by atoms with Gasteiger partial charge in [-0.1, -0.05) is 13.0 Å². The van der Waals surface area contributed by atoms with E-state index < -0.39 is 10.0 Å². The molecule has 0 bridgehead atoms. The Balaban J connectivity index is 1.93. The minimum atomic E-state index is -3.39. The fraction of sp³-hybridized carbons (Fsp3) is 0.583. The highest BCUT2D eigenvalue weighted by Gasteiger charge is 2.30. The Morgan fingerprint density at radius 2 is 2.05 bits per heavy atom. The smallest absolute Gasteiger partial charge is 0.317 e. The third-order valence-electron chi connectivity index (χ3n) is 3.14. The van der Waals surface area contributed by atoms with Gasteiger partial charge in [-0.2, -0.15) is 4.31 Å². The Bertz CT molecular complexity index is 534. The summed E-state index contributed by atoms with van der Waals surface area (Å²) >= 11 is 1.22. The molecule has 1 N–H and O–H groups in total. The fourth-order valence-corrected chi connectivity index (χ4v) is 4.58. The summed E-state index contributed by atoms with van der Waals surface area (Å²) in [4.78, 5) is 13.5. The molecule has 2 amide bonds. The van der Waals surface area contributed by atoms with E-state index in [2.05, 4.69) is 5.32 Å². The average Bonchev–Trinajstić information content (AvgIpc) is 3.00. The first-order chi connectivity index (χ1) is 9.55. The molecule has 0 atom stereocenters. The molecule has 112 valence electrons. The van der Waals surface area contributed by atoms with Crippen molar-refractivity contribution in [2.24, 2.45) is 0 Å². The van der Waals surface area contributed by atoms with Gasteiger partial charge in [-0.25, -0.2) is 13.2 Å². The second kappa shape index (κ2) is 6.55. The van der Waals surface area contributed by atoms with Crippen molar-refractivity contribution >= 4 is 27.4 Å². The van der Waals surface area contributed by atoms with Crippen LogP contribution in [0.2, 0.25) is 0 Å². The van der Waals surface area contributed by atoms with Gasteiger partial charge in [0.25, 0.3) is 10.0 Å². The average molecular weight is 317 g/mol. The second-order valence-electron chi connectivity index (χ2n) is 4.56. The van der Waals surface area contributed by atoms with Crippen LogP contribution in [0, 0.1) is 0 Å². The maximum absolute atomic E-state index is 12.3. The predicted molar refractivity (Wildman–Crippen MR) is 78.3 cm³/mol. The molecule has 1 fully saturated rings. The van der Waals surface area contributed by atoms with Crippen LogP contribution in [0.3, 0.4) is 0 Å². The summed E-state index contributed by atoms with van der Waals surface area (Å²) in [5, 5.41) is 4.56. The van der Waals surface area contributed by atoms with Crippen molar-refractivity contribution in [3.05, 3.63) is 17.5 Å². The van der Waals surface area contributed by atoms with Gasteiger partial charge < -0.3 is 10.2 Å². The molecule has 1 saturated heterocycles. The van der Waals surface area contributed by atoms with Crippen LogP contribution in [0.4, 0.5) is 4.79 Å². The van der Waals surface area contributed by atoms with Crippen LogP contribution in [0.1, 0.15) is 13.3 Å². The number of hydrogen-bond acceptors (Lipinski definition) is 4. The number of piperazine rings is 1. The zero-order valence-electron chi connectivity index (χ0n) is 11.4. The Hall–Kier alpha value is -1.12. The van der Waals surface area contributed by atoms with E-state index in [4.69, 9.17) is 0 Å². The molecule has 1 aromatic rings. The topological polar surface area (TPSA) is 69.7 Å². The van der Waals surface area contributed by atoms with Crippen molar-refractivity contribution in [2.75, 3.05) is 32.7 Å². The highest BCUT2D eigenvalue weighted by Crippen LogP contribution is 2.21. The largest absolute Gasteiger partial charge is 0.338 e. The predicted octanol–water partition coefficient (Wildman–Crippen LogP) is 1.17. The number of carbonyl (C=O) groups excluding carboxylic acids is 1. The van der Waals surface area contributed by atoms with E-state index in [0.29, 0.717) is 36.9 Å². The van der Waals surface area contributed by atoms with Crippen LogP contribution in [-0.4, -0.2) is 56.4 Å². The van der Waals surface area contributed by atoms with Crippen molar-refractivity contribution in [1.29, 1.82) is 0 Å². The highest BCUT2D eigenvalue weighted by molar-refractivity contribution is 7.91. The van der Waals surface area contributed by atoms with Crippen LogP contribution in [0.15, 0.2) is 21.7 Å². The molecule has 2 heterocycles. The highest BCUT2D eigenvalue weighted by atomic mass is 32.2. The van der Waals surface area contributed by atoms with Gasteiger partial charge in [-0.3, -0.25) is 0 Å². The number of nitrogens with one attached hydrogen (secondary N) is 1. The maximum Gasteiger partial charge on any atom is 0.317 e. The van der Waals surface area contributed by atoms with Gasteiger partial charge in [0.15, 0.2) is 0 Å². The van der Waals surface area contributed by atoms with Gasteiger partial charge in [-0.05, 0) is 17.9 Å². The maximum atomic E-state index is 12.3. The molecule has 0 aromatic carbocycles. The minimum Gasteiger partial charge on any atom is -0.338 e. The molecule has 0 spiro atoms. The van der Waals surface area contributed by atoms with Crippen molar-refractivity contribution < 1.29 is 13.2 Å². The molecule has 6 nitrogen and oxygen atoms in total. The van der Waals surface area contributed by atoms with Crippen LogP contribution < -0.4 is 5.32 Å². The molecule has 8 heteroatoms. The van der Waals surface area contributed by atoms with Gasteiger partial charge in [0, 0.05) is 32.7 Å². The number of amides is 2. The molecule has 2 rings (SSSR count). The molecule has 1 aliphatic heterocycles. The number of nitrogens with zero attached hydrogens (tertiary/aromatic N) is 2. The third-order valence-corrected chi connectivity index (χ3v) is 6.41. The lowest BCUT2D eigenvalue weighted by Crippen LogP contribution is -2.53. The molecule has 1 aliphatic rings. The SMILES string of the molecule is CCCNC(=O)N1CCN(S(=O)(=O)c2cccs2)CC1. The Labute approximate surface area is 123 Å². The van der Waals surface area contributed by atoms with Crippen molar-refractivity contribution in [1.82, 2.24) is 14.5 Å². The number of thiophene rings is 1. The lowest BCUT2D eigenvalue weighted by Gasteiger charge is -2.33. The zero-order chi connectivity index (χ0) is 14.6. The Morgan fingerprint density at radius 1 is 1.35 bits per heavy atom. The second-order valence-corrected chi connectivity index (χ2v) is 7.67. The molecule has 0 saturated carbocycles. The van der Waals surface area contributed by atoms with E-state index in [0.717, 1.165) is 6.42 Å². The molecule has 1 aromatic heterocycles. The van der Waals surface area contributed by atoms with Gasteiger partial charge in [0.1, 0.15) is 4.21 Å². The summed E-state index contributed by atoms with van der Waals surface area (Å²) in [5.41, 5.74) is 0. The quantitative estimate of drug-likeness (QED) is 0.906. The standard InChI is InChI=1S/C12H19N3O3S2/c1-2-5-13-12(16)14-6-8-15(9-7-14)20(17,18)11-4-3-10-19-11/h3-4,10H,2,5-9H2,1H3,(H,13,16). The van der Waals surface area contributed by atoms with Gasteiger partial charge in [0.2, 0.25) is 0 Å². The fourth-order valence-electron chi connectivity index (χ4n) is 2.01. The molecule has 20 heavy (non-hydrogen) atoms. The van der Waals surface area contributed by atoms with E-state index in [1.165, 1.54) is 15.6 Å². The monoisotopic (exact) mass is 317 g/mol. The van der Waals surface area contributed by atoms with E-state index in [1.54, 1.807) is 22.4 Å². The number of rotatable bonds is 4. The molecular weight excluding hydrogens is 298 g/mol. The van der Waals surface area contributed by atoms with Gasteiger partial charge >= 0.3 is 6.03 Å². The number of urea groups is 1. The van der Waals surface area contributed by atoms with Gasteiger partial charge in [-0.15, -0.1) is 11.3 Å². The first kappa shape index (κ1) is 15.3. The molecule has 0 aliphatic carbocycles. The van der Waals surface area contributed by atoms with Gasteiger partial charge in [0.05, 0.1) is 0 Å². The van der Waals surface area contributed by atoms with E-state index in [-0.39, 0.29) is 6.03 Å². The molecule has 0 radical (unpaired) electrons. The number of sulfonamides is 1. The number of carbonyl (C=O) groups is 1. The summed E-state index contributed by atoms with van der Waals surface area (Å²) in [6, 6.07) is 3.23. The molecular formula is C12H19N3O3S2. The van der Waals surface area contributed by atoms with Crippen molar-refractivity contribution in [3.8, 4) is 0 Å². The first-order valence-electron chi connectivity index (χ1n) is 6.62. The van der Waals surface area contributed by atoms with Crippen LogP contribution in [0.5, 0.6) is 0 Å². The van der Waals surface area contributed by atoms with Crippen LogP contribution in [-0.2, 0) is 10.0 Å². The minimum absolute atomic E-state index is 0.111. The summed E-state index contributed by atoms with van der Waals surface area (Å²) in [7, 11) is -3.39. The van der Waals surface area contributed by atoms with Crippen LogP contribution >= 0.6 is 11.3 Å². The first-order valence-corrected chi connectivity index (χ1v) is 8.94. The summed E-state index contributed by atoms with van der Waals surface area (Å²) in [6.07, 6.45) is 0.887. The zero-order valence-corrected chi connectivity index (χ0v) is 13.0. The number of hydrogen-bond donors (Lipinski definition) is 1. The lowest BCUT2D eigenvalue weighted by atomic mass is 10.4. The molecule has 0 unspecified atom stereocenters.